The predicted octanol–water partition coefficient (Wildman–Crippen LogP) is 2.68. The molecule has 5 heteroatoms. The lowest BCUT2D eigenvalue weighted by atomic mass is 9.93. The van der Waals surface area contributed by atoms with Crippen LogP contribution in [-0.2, 0) is 11.2 Å². The van der Waals surface area contributed by atoms with E-state index in [4.69, 9.17) is 10.5 Å². The number of primary amides is 1. The van der Waals surface area contributed by atoms with E-state index in [2.05, 4.69) is 17.4 Å². The molecule has 0 saturated carbocycles. The first-order chi connectivity index (χ1) is 13.0. The molecule has 1 amide bonds. The van der Waals surface area contributed by atoms with Crippen LogP contribution in [0.15, 0.2) is 48.5 Å². The highest BCUT2D eigenvalue weighted by Gasteiger charge is 2.24. The Morgan fingerprint density at radius 1 is 1.30 bits per heavy atom. The molecular formula is C22H28N2O3. The summed E-state index contributed by atoms with van der Waals surface area (Å²) in [5.74, 6) is 0.153. The van der Waals surface area contributed by atoms with Crippen molar-refractivity contribution >= 4 is 5.91 Å². The molecule has 5 nitrogen and oxygen atoms in total. The maximum atomic E-state index is 11.5. The molecule has 0 bridgehead atoms. The maximum absolute atomic E-state index is 11.5. The van der Waals surface area contributed by atoms with E-state index in [0.29, 0.717) is 19.6 Å². The second-order valence-corrected chi connectivity index (χ2v) is 7.20. The summed E-state index contributed by atoms with van der Waals surface area (Å²) < 4.78 is 5.74. The lowest BCUT2D eigenvalue weighted by Crippen LogP contribution is -2.33. The summed E-state index contributed by atoms with van der Waals surface area (Å²) in [7, 11) is 0. The Morgan fingerprint density at radius 3 is 2.81 bits per heavy atom. The lowest BCUT2D eigenvalue weighted by Gasteiger charge is -2.28. The molecule has 3 atom stereocenters. The number of nitrogens with two attached hydrogens (primary N) is 1. The number of aliphatic hydroxyl groups is 1. The van der Waals surface area contributed by atoms with Gasteiger partial charge < -0.3 is 20.9 Å². The van der Waals surface area contributed by atoms with Gasteiger partial charge in [0.25, 0.3) is 0 Å². The molecule has 1 heterocycles. The van der Waals surface area contributed by atoms with Gasteiger partial charge in [-0.05, 0) is 43.0 Å². The molecule has 0 aromatic heterocycles. The fourth-order valence-corrected chi connectivity index (χ4v) is 3.42. The molecule has 144 valence electrons. The molecule has 0 aliphatic carbocycles. The molecule has 0 radical (unpaired) electrons. The minimum absolute atomic E-state index is 0.0974. The van der Waals surface area contributed by atoms with E-state index in [0.717, 1.165) is 29.7 Å². The summed E-state index contributed by atoms with van der Waals surface area (Å²) in [4.78, 5) is 11.5. The van der Waals surface area contributed by atoms with Gasteiger partial charge in [0.15, 0.2) is 0 Å². The van der Waals surface area contributed by atoms with Crippen LogP contribution in [0.4, 0.5) is 0 Å². The molecule has 3 rings (SSSR count). The number of ether oxygens (including phenoxy) is 1. The van der Waals surface area contributed by atoms with Gasteiger partial charge in [0.05, 0.1) is 18.6 Å². The van der Waals surface area contributed by atoms with Crippen LogP contribution in [0.1, 0.15) is 48.4 Å². The largest absolute Gasteiger partial charge is 0.493 e. The highest BCUT2D eigenvalue weighted by Crippen LogP contribution is 2.34. The molecule has 1 aliphatic heterocycles. The zero-order chi connectivity index (χ0) is 19.2. The highest BCUT2D eigenvalue weighted by molar-refractivity contribution is 5.81. The van der Waals surface area contributed by atoms with Crippen LogP contribution < -0.4 is 15.8 Å². The van der Waals surface area contributed by atoms with Crippen LogP contribution in [0.2, 0.25) is 0 Å². The molecule has 1 aliphatic rings. The molecule has 0 saturated heterocycles. The third kappa shape index (κ3) is 5.08. The Hall–Kier alpha value is -2.37. The fourth-order valence-electron chi connectivity index (χ4n) is 3.42. The molecule has 2 unspecified atom stereocenters. The number of hydrogen-bond donors (Lipinski definition) is 3. The Labute approximate surface area is 160 Å². The Kier molecular flexibility index (Phi) is 6.48. The smallest absolute Gasteiger partial charge is 0.224 e. The first-order valence-corrected chi connectivity index (χ1v) is 9.56. The Morgan fingerprint density at radius 2 is 2.07 bits per heavy atom. The van der Waals surface area contributed by atoms with Crippen molar-refractivity contribution in [3.05, 3.63) is 65.2 Å². The van der Waals surface area contributed by atoms with Gasteiger partial charge in [0.1, 0.15) is 5.75 Å². The van der Waals surface area contributed by atoms with Gasteiger partial charge >= 0.3 is 0 Å². The van der Waals surface area contributed by atoms with E-state index in [1.54, 1.807) is 0 Å². The van der Waals surface area contributed by atoms with Crippen molar-refractivity contribution < 1.29 is 14.6 Å². The maximum Gasteiger partial charge on any atom is 0.224 e. The summed E-state index contributed by atoms with van der Waals surface area (Å²) >= 11 is 0. The normalized spacial score (nSPS) is 18.2. The number of nitrogens with one attached hydrogen (secondary N) is 1. The van der Waals surface area contributed by atoms with Crippen molar-refractivity contribution in [3.63, 3.8) is 0 Å². The standard InChI is InChI=1S/C22H28N2O3/c1-15(22(23)26)17-8-10-21-19(13-17)20(11-12-27-21)24-14-18(25)9-7-16-5-3-2-4-6-16/h2-6,8,10,13,15,18,20,24-25H,7,9,11-12,14H2,1H3,(H2,23,26)/t15?,18-,20?/m1/s1. The zero-order valence-corrected chi connectivity index (χ0v) is 15.7. The average Bonchev–Trinajstić information content (AvgIpc) is 2.70. The van der Waals surface area contributed by atoms with Crippen molar-refractivity contribution in [2.24, 2.45) is 5.73 Å². The zero-order valence-electron chi connectivity index (χ0n) is 15.7. The third-order valence-corrected chi connectivity index (χ3v) is 5.21. The van der Waals surface area contributed by atoms with Gasteiger partial charge in [-0.25, -0.2) is 0 Å². The minimum Gasteiger partial charge on any atom is -0.493 e. The number of carbonyl (C=O) groups excluding carboxylic acids is 1. The van der Waals surface area contributed by atoms with E-state index < -0.39 is 6.10 Å². The van der Waals surface area contributed by atoms with Gasteiger partial charge in [-0.3, -0.25) is 4.79 Å². The third-order valence-electron chi connectivity index (χ3n) is 5.21. The van der Waals surface area contributed by atoms with Crippen LogP contribution in [0, 0.1) is 0 Å². The summed E-state index contributed by atoms with van der Waals surface area (Å²) in [6, 6.07) is 16.1. The van der Waals surface area contributed by atoms with Gasteiger partial charge in [0.2, 0.25) is 5.91 Å². The molecule has 2 aromatic carbocycles. The van der Waals surface area contributed by atoms with E-state index in [9.17, 15) is 9.90 Å². The van der Waals surface area contributed by atoms with Crippen LogP contribution in [0.25, 0.3) is 0 Å². The topological polar surface area (TPSA) is 84.6 Å². The summed E-state index contributed by atoms with van der Waals surface area (Å²) in [6.45, 7) is 2.96. The highest BCUT2D eigenvalue weighted by atomic mass is 16.5. The van der Waals surface area contributed by atoms with Crippen molar-refractivity contribution in [2.45, 2.75) is 44.2 Å². The van der Waals surface area contributed by atoms with Gasteiger partial charge in [-0.15, -0.1) is 0 Å². The minimum atomic E-state index is -0.413. The Balaban J connectivity index is 1.60. The van der Waals surface area contributed by atoms with Gasteiger partial charge in [0, 0.05) is 24.6 Å². The van der Waals surface area contributed by atoms with Crippen molar-refractivity contribution in [1.82, 2.24) is 5.32 Å². The lowest BCUT2D eigenvalue weighted by molar-refractivity contribution is -0.119. The van der Waals surface area contributed by atoms with E-state index in [1.165, 1.54) is 5.56 Å². The van der Waals surface area contributed by atoms with E-state index in [1.807, 2.05) is 43.3 Å². The SMILES string of the molecule is CC(C(N)=O)c1ccc2c(c1)C(NC[C@H](O)CCc1ccccc1)CCO2. The number of aliphatic hydroxyl groups excluding tert-OH is 1. The second kappa shape index (κ2) is 9.02. The van der Waals surface area contributed by atoms with E-state index >= 15 is 0 Å². The summed E-state index contributed by atoms with van der Waals surface area (Å²) in [5, 5.41) is 13.8. The van der Waals surface area contributed by atoms with Crippen molar-refractivity contribution in [1.29, 1.82) is 0 Å². The number of aryl methyl sites for hydroxylation is 1. The number of carbonyl (C=O) groups is 1. The molecule has 2 aromatic rings. The van der Waals surface area contributed by atoms with Crippen molar-refractivity contribution in [2.75, 3.05) is 13.2 Å². The monoisotopic (exact) mass is 368 g/mol. The number of benzene rings is 2. The fraction of sp³-hybridized carbons (Fsp3) is 0.409. The first-order valence-electron chi connectivity index (χ1n) is 9.56. The number of fused-ring (bicyclic) bond motifs is 1. The number of hydrogen-bond acceptors (Lipinski definition) is 4. The van der Waals surface area contributed by atoms with Gasteiger partial charge in [-0.2, -0.15) is 0 Å². The summed E-state index contributed by atoms with van der Waals surface area (Å²) in [6.07, 6.45) is 1.98. The van der Waals surface area contributed by atoms with E-state index in [-0.39, 0.29) is 17.9 Å². The molecule has 27 heavy (non-hydrogen) atoms. The number of amides is 1. The summed E-state index contributed by atoms with van der Waals surface area (Å²) in [5.41, 5.74) is 8.60. The predicted molar refractivity (Wildman–Crippen MR) is 106 cm³/mol. The molecule has 4 N–H and O–H groups in total. The first kappa shape index (κ1) is 19.4. The average molecular weight is 368 g/mol. The van der Waals surface area contributed by atoms with Gasteiger partial charge in [-0.1, -0.05) is 36.4 Å². The number of rotatable bonds is 8. The van der Waals surface area contributed by atoms with Crippen LogP contribution in [-0.4, -0.2) is 30.3 Å². The van der Waals surface area contributed by atoms with Crippen LogP contribution in [0.5, 0.6) is 5.75 Å². The van der Waals surface area contributed by atoms with Crippen LogP contribution >= 0.6 is 0 Å². The second-order valence-electron chi connectivity index (χ2n) is 7.20. The quantitative estimate of drug-likeness (QED) is 0.669. The Bertz CT molecular complexity index is 763. The molecule has 0 fully saturated rings. The molecule has 0 spiro atoms. The molecular weight excluding hydrogens is 340 g/mol. The van der Waals surface area contributed by atoms with Crippen LogP contribution in [0.3, 0.4) is 0 Å². The van der Waals surface area contributed by atoms with Crippen molar-refractivity contribution in [3.8, 4) is 5.75 Å².